The molecule has 0 heterocycles. The van der Waals surface area contributed by atoms with Crippen LogP contribution in [0, 0.1) is 0 Å². The molecule has 0 bridgehead atoms. The Labute approximate surface area is 151 Å². The number of amides is 2. The second-order valence-electron chi connectivity index (χ2n) is 4.97. The van der Waals surface area contributed by atoms with Crippen LogP contribution < -0.4 is 45.9 Å². The molecule has 0 aromatic carbocycles. The van der Waals surface area contributed by atoms with Crippen LogP contribution in [0.3, 0.4) is 0 Å². The van der Waals surface area contributed by atoms with Gasteiger partial charge < -0.3 is 26.4 Å². The summed E-state index contributed by atoms with van der Waals surface area (Å²) in [5, 5.41) is 13.2. The van der Waals surface area contributed by atoms with Gasteiger partial charge in [-0.25, -0.2) is 0 Å². The smallest absolute Gasteiger partial charge is 0.480 e. The van der Waals surface area contributed by atoms with E-state index >= 15 is 0 Å². The average Bonchev–Trinajstić information content (AvgIpc) is 2.34. The molecule has 0 spiro atoms. The van der Waals surface area contributed by atoms with Gasteiger partial charge in [-0.15, -0.1) is 0 Å². The first-order valence-corrected chi connectivity index (χ1v) is 8.61. The van der Waals surface area contributed by atoms with Crippen molar-refractivity contribution in [2.24, 2.45) is 5.73 Å². The van der Waals surface area contributed by atoms with Gasteiger partial charge in [0.15, 0.2) is 7.37 Å². The fourth-order valence-electron chi connectivity index (χ4n) is 1.30. The molecule has 4 atom stereocenters. The van der Waals surface area contributed by atoms with Crippen LogP contribution in [0.5, 0.6) is 0 Å². The molecule has 0 fully saturated rings. The number of carboxylic acids is 1. The van der Waals surface area contributed by atoms with Gasteiger partial charge in [0.2, 0.25) is 11.8 Å². The summed E-state index contributed by atoms with van der Waals surface area (Å²) in [6.45, 7) is 3.84. The van der Waals surface area contributed by atoms with Gasteiger partial charge >= 0.3 is 35.5 Å². The largest absolute Gasteiger partial charge is 1.00 e. The molecule has 0 radical (unpaired) electrons. The van der Waals surface area contributed by atoms with Crippen LogP contribution in [0.25, 0.3) is 0 Å². The first-order chi connectivity index (χ1) is 9.44. The molecule has 11 heteroatoms. The Morgan fingerprint density at radius 3 is 2.00 bits per heavy atom. The summed E-state index contributed by atoms with van der Waals surface area (Å²) >= 11 is 0. The molecular formula is C11H22N3NaO6P+. The third kappa shape index (κ3) is 10.3. The Morgan fingerprint density at radius 1 is 1.14 bits per heavy atom. The Bertz CT molecular complexity index is 455. The molecular weight excluding hydrogens is 324 g/mol. The summed E-state index contributed by atoms with van der Waals surface area (Å²) in [4.78, 5) is 43.0. The van der Waals surface area contributed by atoms with Crippen molar-refractivity contribution < 1.29 is 58.5 Å². The van der Waals surface area contributed by atoms with Gasteiger partial charge in [0, 0.05) is 12.8 Å². The van der Waals surface area contributed by atoms with Gasteiger partial charge in [-0.2, -0.15) is 0 Å². The monoisotopic (exact) mass is 346 g/mol. The number of nitrogens with one attached hydrogen (secondary N) is 2. The molecule has 0 saturated heterocycles. The van der Waals surface area contributed by atoms with Crippen LogP contribution in [0.15, 0.2) is 0 Å². The van der Waals surface area contributed by atoms with E-state index < -0.39 is 43.3 Å². The first-order valence-electron chi connectivity index (χ1n) is 6.32. The van der Waals surface area contributed by atoms with Gasteiger partial charge in [0.25, 0.3) is 0 Å². The van der Waals surface area contributed by atoms with E-state index in [1.165, 1.54) is 20.5 Å². The average molecular weight is 346 g/mol. The summed E-state index contributed by atoms with van der Waals surface area (Å²) < 4.78 is 11.1. The van der Waals surface area contributed by atoms with E-state index in [0.717, 1.165) is 0 Å². The van der Waals surface area contributed by atoms with E-state index in [9.17, 15) is 18.9 Å². The number of hydrogen-bond acceptors (Lipinski definition) is 5. The maximum atomic E-state index is 11.7. The van der Waals surface area contributed by atoms with Crippen molar-refractivity contribution in [3.63, 3.8) is 0 Å². The Balaban J connectivity index is 0. The quantitative estimate of drug-likeness (QED) is 0.220. The van der Waals surface area contributed by atoms with Crippen LogP contribution >= 0.6 is 7.37 Å². The predicted molar refractivity (Wildman–Crippen MR) is 76.1 cm³/mol. The maximum absolute atomic E-state index is 11.7. The molecule has 0 aliphatic rings. The molecule has 122 valence electrons. The number of carboxylic acid groups (broad SMARTS) is 1. The fraction of sp³-hybridized carbons (Fsp3) is 0.727. The SMILES string of the molecule is C[C@H](NC(=O)[C@H](C)NC(=O)[C@@H](N)CCP(C)(=O)O)C(=O)O.[Na+]. The van der Waals surface area contributed by atoms with Crippen molar-refractivity contribution in [1.82, 2.24) is 10.6 Å². The molecule has 0 rings (SSSR count). The number of hydrogen-bond donors (Lipinski definition) is 5. The van der Waals surface area contributed by atoms with E-state index in [1.807, 2.05) is 0 Å². The summed E-state index contributed by atoms with van der Waals surface area (Å²) in [6.07, 6.45) is -0.0891. The first kappa shape index (κ1) is 23.8. The molecule has 2 amide bonds. The molecule has 0 aromatic heterocycles. The number of nitrogens with two attached hydrogens (primary N) is 1. The minimum absolute atomic E-state index is 0. The van der Waals surface area contributed by atoms with E-state index in [4.69, 9.17) is 15.7 Å². The standard InChI is InChI=1S/C11H22N3O6P.Na/c1-6(9(15)14-7(2)11(17)18)13-10(16)8(12)4-5-21(3,19)20;/h6-8H,4-5,12H2,1-3H3,(H,13,16)(H,14,15)(H,17,18)(H,19,20);/q;+1/t6-,7-,8-;/m0./s1. The Kier molecular flexibility index (Phi) is 11.2. The molecule has 0 aliphatic heterocycles. The van der Waals surface area contributed by atoms with Crippen LogP contribution in [0.1, 0.15) is 20.3 Å². The van der Waals surface area contributed by atoms with Crippen molar-refractivity contribution in [2.75, 3.05) is 12.8 Å². The van der Waals surface area contributed by atoms with Crippen LogP contribution in [-0.4, -0.2) is 58.7 Å². The fourth-order valence-corrected chi connectivity index (χ4v) is 2.05. The molecule has 22 heavy (non-hydrogen) atoms. The minimum atomic E-state index is -3.25. The molecule has 1 unspecified atom stereocenters. The maximum Gasteiger partial charge on any atom is 1.00 e. The normalized spacial score (nSPS) is 17.1. The number of rotatable bonds is 8. The summed E-state index contributed by atoms with van der Waals surface area (Å²) in [6, 6.07) is -3.06. The van der Waals surface area contributed by atoms with E-state index in [2.05, 4.69) is 10.6 Å². The van der Waals surface area contributed by atoms with Gasteiger partial charge in [0.1, 0.15) is 12.1 Å². The summed E-state index contributed by atoms with van der Waals surface area (Å²) in [5.74, 6) is -2.50. The molecule has 6 N–H and O–H groups in total. The minimum Gasteiger partial charge on any atom is -0.480 e. The third-order valence-electron chi connectivity index (χ3n) is 2.67. The Morgan fingerprint density at radius 2 is 1.59 bits per heavy atom. The van der Waals surface area contributed by atoms with Crippen molar-refractivity contribution in [1.29, 1.82) is 0 Å². The number of aliphatic carboxylic acids is 1. The molecule has 0 saturated carbocycles. The zero-order chi connectivity index (χ0) is 16.8. The van der Waals surface area contributed by atoms with Crippen molar-refractivity contribution in [2.45, 2.75) is 38.4 Å². The zero-order valence-electron chi connectivity index (χ0n) is 13.2. The summed E-state index contributed by atoms with van der Waals surface area (Å²) in [7, 11) is -3.25. The van der Waals surface area contributed by atoms with E-state index in [-0.39, 0.29) is 42.1 Å². The number of carbonyl (C=O) groups is 3. The van der Waals surface area contributed by atoms with Crippen molar-refractivity contribution >= 4 is 25.2 Å². The third-order valence-corrected chi connectivity index (χ3v) is 3.76. The van der Waals surface area contributed by atoms with Crippen LogP contribution in [0.2, 0.25) is 0 Å². The van der Waals surface area contributed by atoms with Crippen LogP contribution in [-0.2, 0) is 18.9 Å². The topological polar surface area (TPSA) is 159 Å². The van der Waals surface area contributed by atoms with E-state index in [1.54, 1.807) is 0 Å². The predicted octanol–water partition coefficient (Wildman–Crippen LogP) is -4.30. The second-order valence-corrected chi connectivity index (χ2v) is 7.52. The van der Waals surface area contributed by atoms with E-state index in [0.29, 0.717) is 0 Å². The zero-order valence-corrected chi connectivity index (χ0v) is 16.1. The summed E-state index contributed by atoms with van der Waals surface area (Å²) in [5.41, 5.74) is 5.55. The second kappa shape index (κ2) is 10.4. The molecule has 0 aliphatic carbocycles. The number of carbonyl (C=O) groups excluding carboxylic acids is 2. The van der Waals surface area contributed by atoms with Gasteiger partial charge in [-0.05, 0) is 20.3 Å². The van der Waals surface area contributed by atoms with Crippen molar-refractivity contribution in [3.05, 3.63) is 0 Å². The Hall–Kier alpha value is -0.440. The molecule has 0 aromatic rings. The van der Waals surface area contributed by atoms with Crippen molar-refractivity contribution in [3.8, 4) is 0 Å². The molecule has 9 nitrogen and oxygen atoms in total. The van der Waals surface area contributed by atoms with Gasteiger partial charge in [0.05, 0.1) is 6.04 Å². The van der Waals surface area contributed by atoms with Crippen LogP contribution in [0.4, 0.5) is 0 Å². The van der Waals surface area contributed by atoms with Gasteiger partial charge in [-0.3, -0.25) is 18.9 Å². The van der Waals surface area contributed by atoms with Gasteiger partial charge in [-0.1, -0.05) is 0 Å².